The molecule has 0 aliphatic rings. The molecule has 0 fully saturated rings. The van der Waals surface area contributed by atoms with Gasteiger partial charge in [0.15, 0.2) is 5.58 Å². The van der Waals surface area contributed by atoms with E-state index in [4.69, 9.17) is 9.52 Å². The lowest BCUT2D eigenvalue weighted by Gasteiger charge is -2.08. The Labute approximate surface area is 114 Å². The highest BCUT2D eigenvalue weighted by atomic mass is 32.2. The number of oxazole rings is 1. The lowest BCUT2D eigenvalue weighted by Crippen LogP contribution is -2.16. The fourth-order valence-corrected chi connectivity index (χ4v) is 2.83. The minimum absolute atomic E-state index is 0.0337. The summed E-state index contributed by atoms with van der Waals surface area (Å²) in [5.74, 6) is -0.489. The predicted molar refractivity (Wildman–Crippen MR) is 74.6 cm³/mol. The van der Waals surface area contributed by atoms with Crippen LogP contribution >= 0.6 is 11.8 Å². The quantitative estimate of drug-likeness (QED) is 0.878. The molecule has 1 aromatic carbocycles. The van der Waals surface area contributed by atoms with Gasteiger partial charge in [-0.2, -0.15) is 11.8 Å². The molecule has 0 saturated heterocycles. The van der Waals surface area contributed by atoms with Crippen molar-refractivity contribution < 1.29 is 14.3 Å². The second-order valence-corrected chi connectivity index (χ2v) is 5.81. The number of thioether (sulfide) groups is 1. The molecule has 1 unspecified atom stereocenters. The fraction of sp³-hybridized carbons (Fsp3) is 0.385. The molecule has 1 atom stereocenters. The van der Waals surface area contributed by atoms with Gasteiger partial charge < -0.3 is 9.52 Å². The molecule has 1 heterocycles. The highest BCUT2D eigenvalue weighted by molar-refractivity contribution is 7.99. The van der Waals surface area contributed by atoms with Crippen molar-refractivity contribution in [1.82, 2.24) is 4.57 Å². The molecule has 0 aliphatic heterocycles. The van der Waals surface area contributed by atoms with Crippen LogP contribution in [0.4, 0.5) is 0 Å². The molecule has 1 aromatic heterocycles. The number of rotatable bonds is 6. The topological polar surface area (TPSA) is 72.4 Å². The largest absolute Gasteiger partial charge is 0.481 e. The van der Waals surface area contributed by atoms with E-state index in [-0.39, 0.29) is 17.4 Å². The van der Waals surface area contributed by atoms with E-state index in [0.29, 0.717) is 17.9 Å². The third kappa shape index (κ3) is 3.41. The van der Waals surface area contributed by atoms with Gasteiger partial charge in [0.2, 0.25) is 0 Å². The van der Waals surface area contributed by atoms with Crippen LogP contribution in [0.1, 0.15) is 13.3 Å². The smallest absolute Gasteiger partial charge is 0.419 e. The third-order valence-electron chi connectivity index (χ3n) is 2.75. The first-order valence-corrected chi connectivity index (χ1v) is 7.04. The zero-order valence-electron chi connectivity index (χ0n) is 10.5. The van der Waals surface area contributed by atoms with Crippen molar-refractivity contribution in [2.75, 3.05) is 5.75 Å². The van der Waals surface area contributed by atoms with Crippen molar-refractivity contribution in [3.63, 3.8) is 0 Å². The van der Waals surface area contributed by atoms with Crippen LogP contribution in [0.15, 0.2) is 33.5 Å². The van der Waals surface area contributed by atoms with E-state index in [0.717, 1.165) is 5.52 Å². The van der Waals surface area contributed by atoms with Gasteiger partial charge in [0.25, 0.3) is 0 Å². The summed E-state index contributed by atoms with van der Waals surface area (Å²) in [6.07, 6.45) is 0.131. The summed E-state index contributed by atoms with van der Waals surface area (Å²) in [5.41, 5.74) is 1.36. The van der Waals surface area contributed by atoms with E-state index in [2.05, 4.69) is 0 Å². The molecule has 5 nitrogen and oxygen atoms in total. The molecule has 0 radical (unpaired) electrons. The molecular weight excluding hydrogens is 266 g/mol. The maximum atomic E-state index is 11.7. The van der Waals surface area contributed by atoms with Crippen LogP contribution in [0.2, 0.25) is 0 Å². The number of fused-ring (bicyclic) bond motifs is 1. The first-order chi connectivity index (χ1) is 9.08. The Morgan fingerprint density at radius 3 is 2.95 bits per heavy atom. The van der Waals surface area contributed by atoms with E-state index in [1.807, 2.05) is 25.1 Å². The lowest BCUT2D eigenvalue weighted by atomic mass is 10.3. The zero-order valence-corrected chi connectivity index (χ0v) is 11.4. The minimum atomic E-state index is -0.800. The van der Waals surface area contributed by atoms with E-state index in [9.17, 15) is 9.59 Å². The highest BCUT2D eigenvalue weighted by Gasteiger charge is 2.10. The van der Waals surface area contributed by atoms with Gasteiger partial charge in [-0.25, -0.2) is 4.79 Å². The zero-order chi connectivity index (χ0) is 13.8. The summed E-state index contributed by atoms with van der Waals surface area (Å²) >= 11 is 1.54. The SMILES string of the molecule is CC(CC(=O)O)SCCn1c(=O)oc2ccccc21. The number of hydrogen-bond donors (Lipinski definition) is 1. The molecule has 2 rings (SSSR count). The normalized spacial score (nSPS) is 12.7. The van der Waals surface area contributed by atoms with Crippen LogP contribution < -0.4 is 5.76 Å². The van der Waals surface area contributed by atoms with Crippen molar-refractivity contribution in [2.45, 2.75) is 25.1 Å². The number of benzene rings is 1. The average Bonchev–Trinajstić information content (AvgIpc) is 2.65. The number of para-hydroxylation sites is 2. The maximum absolute atomic E-state index is 11.7. The summed E-state index contributed by atoms with van der Waals surface area (Å²) in [6, 6.07) is 7.27. The van der Waals surface area contributed by atoms with Crippen molar-refractivity contribution in [2.24, 2.45) is 0 Å². The van der Waals surface area contributed by atoms with Crippen molar-refractivity contribution in [3.8, 4) is 0 Å². The lowest BCUT2D eigenvalue weighted by molar-refractivity contribution is -0.136. The van der Waals surface area contributed by atoms with Crippen LogP contribution in [-0.4, -0.2) is 26.6 Å². The molecule has 0 bridgehead atoms. The Hall–Kier alpha value is -1.69. The van der Waals surface area contributed by atoms with Gasteiger partial charge in [-0.05, 0) is 12.1 Å². The van der Waals surface area contributed by atoms with E-state index >= 15 is 0 Å². The fourth-order valence-electron chi connectivity index (χ4n) is 1.88. The number of aliphatic carboxylic acids is 1. The van der Waals surface area contributed by atoms with Crippen LogP contribution in [0.5, 0.6) is 0 Å². The van der Waals surface area contributed by atoms with Gasteiger partial charge in [-0.1, -0.05) is 19.1 Å². The number of carboxylic acid groups (broad SMARTS) is 1. The maximum Gasteiger partial charge on any atom is 0.419 e. The second-order valence-electron chi connectivity index (χ2n) is 4.27. The molecule has 102 valence electrons. The molecule has 2 aromatic rings. The Morgan fingerprint density at radius 2 is 2.21 bits per heavy atom. The summed E-state index contributed by atoms with van der Waals surface area (Å²) in [6.45, 7) is 2.39. The van der Waals surface area contributed by atoms with Gasteiger partial charge >= 0.3 is 11.7 Å². The van der Waals surface area contributed by atoms with Gasteiger partial charge in [0.05, 0.1) is 11.9 Å². The number of carboxylic acids is 1. The molecule has 19 heavy (non-hydrogen) atoms. The number of aromatic nitrogens is 1. The van der Waals surface area contributed by atoms with Gasteiger partial charge in [0.1, 0.15) is 0 Å². The number of carbonyl (C=O) groups is 1. The summed E-state index contributed by atoms with van der Waals surface area (Å²) in [4.78, 5) is 22.2. The molecule has 6 heteroatoms. The predicted octanol–water partition coefficient (Wildman–Crippen LogP) is 2.19. The molecule has 0 amide bonds. The third-order valence-corrected chi connectivity index (χ3v) is 3.91. The standard InChI is InChI=1S/C13H15NO4S/c1-9(8-12(15)16)19-7-6-14-10-4-2-3-5-11(10)18-13(14)17/h2-5,9H,6-8H2,1H3,(H,15,16). The second kappa shape index (κ2) is 5.97. The van der Waals surface area contributed by atoms with E-state index < -0.39 is 5.97 Å². The minimum Gasteiger partial charge on any atom is -0.481 e. The summed E-state index contributed by atoms with van der Waals surface area (Å²) in [5, 5.41) is 8.70. The van der Waals surface area contributed by atoms with Crippen LogP contribution in [-0.2, 0) is 11.3 Å². The van der Waals surface area contributed by atoms with E-state index in [1.165, 1.54) is 11.8 Å². The Balaban J connectivity index is 2.00. The van der Waals surface area contributed by atoms with Gasteiger partial charge in [0, 0.05) is 17.5 Å². The Morgan fingerprint density at radius 1 is 1.47 bits per heavy atom. The van der Waals surface area contributed by atoms with Crippen LogP contribution in [0.3, 0.4) is 0 Å². The highest BCUT2D eigenvalue weighted by Crippen LogP contribution is 2.16. The molecule has 0 aliphatic carbocycles. The van der Waals surface area contributed by atoms with Crippen molar-refractivity contribution in [3.05, 3.63) is 34.8 Å². The Bertz CT molecular complexity index is 631. The number of nitrogens with zero attached hydrogens (tertiary/aromatic N) is 1. The molecule has 0 saturated carbocycles. The summed E-state index contributed by atoms with van der Waals surface area (Å²) < 4.78 is 6.70. The van der Waals surface area contributed by atoms with Crippen LogP contribution in [0.25, 0.3) is 11.1 Å². The molecular formula is C13H15NO4S. The van der Waals surface area contributed by atoms with Gasteiger partial charge in [-0.15, -0.1) is 0 Å². The van der Waals surface area contributed by atoms with Crippen molar-refractivity contribution in [1.29, 1.82) is 0 Å². The van der Waals surface area contributed by atoms with Crippen LogP contribution in [0, 0.1) is 0 Å². The number of aryl methyl sites for hydroxylation is 1. The van der Waals surface area contributed by atoms with E-state index in [1.54, 1.807) is 10.6 Å². The average molecular weight is 281 g/mol. The monoisotopic (exact) mass is 281 g/mol. The van der Waals surface area contributed by atoms with Crippen molar-refractivity contribution >= 4 is 28.8 Å². The first-order valence-electron chi connectivity index (χ1n) is 5.99. The number of hydrogen-bond acceptors (Lipinski definition) is 4. The van der Waals surface area contributed by atoms with Gasteiger partial charge in [-0.3, -0.25) is 9.36 Å². The first kappa shape index (κ1) is 13.7. The summed E-state index contributed by atoms with van der Waals surface area (Å²) in [7, 11) is 0. The molecule has 0 spiro atoms. The Kier molecular flexibility index (Phi) is 4.31. The molecule has 1 N–H and O–H groups in total.